The zero-order valence-electron chi connectivity index (χ0n) is 24.8. The van der Waals surface area contributed by atoms with Gasteiger partial charge in [-0.25, -0.2) is 0 Å². The SMILES string of the molecule is COc1ccc(C[C@H](NC(=O)[C@@H](NC(=O)CN2CCOCC2)C(F)(F)F)C(=O)N[C@@H](CC2=CCCC2)C(=O)[C@]2(C)CO2)cc1. The molecule has 14 heteroatoms. The van der Waals surface area contributed by atoms with Crippen LogP contribution in [0.1, 0.15) is 38.2 Å². The number of carbonyl (C=O) groups is 4. The molecule has 0 unspecified atom stereocenters. The number of hydrogen-bond acceptors (Lipinski definition) is 8. The Labute approximate surface area is 253 Å². The number of benzene rings is 1. The highest BCUT2D eigenvalue weighted by Crippen LogP contribution is 2.31. The molecule has 2 heterocycles. The summed E-state index contributed by atoms with van der Waals surface area (Å²) in [5.74, 6) is -3.26. The number of morpholine rings is 1. The lowest BCUT2D eigenvalue weighted by Crippen LogP contribution is -2.61. The number of halogens is 3. The molecule has 0 spiro atoms. The molecule has 44 heavy (non-hydrogen) atoms. The zero-order valence-corrected chi connectivity index (χ0v) is 24.8. The van der Waals surface area contributed by atoms with Crippen LogP contribution >= 0.6 is 0 Å². The molecule has 1 aromatic rings. The van der Waals surface area contributed by atoms with Crippen LogP contribution in [0.25, 0.3) is 0 Å². The second kappa shape index (κ2) is 14.5. The van der Waals surface area contributed by atoms with Crippen molar-refractivity contribution in [2.24, 2.45) is 0 Å². The van der Waals surface area contributed by atoms with Gasteiger partial charge in [0.15, 0.2) is 5.78 Å². The Kier molecular flexibility index (Phi) is 11.0. The lowest BCUT2D eigenvalue weighted by Gasteiger charge is -2.28. The van der Waals surface area contributed by atoms with Crippen LogP contribution < -0.4 is 20.7 Å². The number of carbonyl (C=O) groups excluding carboxylic acids is 4. The van der Waals surface area contributed by atoms with Crippen molar-refractivity contribution in [3.63, 3.8) is 0 Å². The number of epoxide rings is 1. The number of allylic oxidation sites excluding steroid dienone is 1. The summed E-state index contributed by atoms with van der Waals surface area (Å²) in [6, 6.07) is 1.05. The topological polar surface area (TPSA) is 139 Å². The van der Waals surface area contributed by atoms with Crippen LogP contribution in [-0.4, -0.2) is 105 Å². The Morgan fingerprint density at radius 1 is 1.00 bits per heavy atom. The first kappa shape index (κ1) is 33.4. The van der Waals surface area contributed by atoms with E-state index in [0.717, 1.165) is 24.8 Å². The minimum atomic E-state index is -5.14. The van der Waals surface area contributed by atoms with E-state index in [0.29, 0.717) is 37.6 Å². The summed E-state index contributed by atoms with van der Waals surface area (Å²) in [6.07, 6.45) is -0.556. The van der Waals surface area contributed by atoms with Crippen LogP contribution in [0.5, 0.6) is 5.75 Å². The number of Topliss-reactive ketones (excluding diaryl/α,β-unsaturated/α-hetero) is 1. The number of methoxy groups -OCH3 is 1. The van der Waals surface area contributed by atoms with E-state index in [1.54, 1.807) is 41.4 Å². The molecule has 0 aromatic heterocycles. The first-order valence-electron chi connectivity index (χ1n) is 14.6. The predicted molar refractivity (Wildman–Crippen MR) is 152 cm³/mol. The van der Waals surface area contributed by atoms with E-state index in [-0.39, 0.29) is 31.8 Å². The van der Waals surface area contributed by atoms with E-state index in [9.17, 15) is 32.3 Å². The maximum absolute atomic E-state index is 14.1. The molecule has 0 saturated carbocycles. The molecule has 1 aromatic carbocycles. The second-order valence-corrected chi connectivity index (χ2v) is 11.4. The average Bonchev–Trinajstić information content (AvgIpc) is 3.53. The highest BCUT2D eigenvalue weighted by atomic mass is 19.4. The van der Waals surface area contributed by atoms with Gasteiger partial charge < -0.3 is 30.2 Å². The smallest absolute Gasteiger partial charge is 0.417 e. The molecule has 2 aliphatic heterocycles. The van der Waals surface area contributed by atoms with Gasteiger partial charge in [-0.2, -0.15) is 13.2 Å². The molecular formula is C30H39F3N4O7. The van der Waals surface area contributed by atoms with Crippen molar-refractivity contribution in [1.82, 2.24) is 20.9 Å². The maximum atomic E-state index is 14.1. The molecule has 11 nitrogen and oxygen atoms in total. The predicted octanol–water partition coefficient (Wildman–Crippen LogP) is 1.45. The van der Waals surface area contributed by atoms with Gasteiger partial charge in [0.1, 0.15) is 17.4 Å². The van der Waals surface area contributed by atoms with E-state index >= 15 is 0 Å². The lowest BCUT2D eigenvalue weighted by atomic mass is 9.94. The molecule has 1 aliphatic carbocycles. The lowest BCUT2D eigenvalue weighted by molar-refractivity contribution is -0.172. The third kappa shape index (κ3) is 9.26. The van der Waals surface area contributed by atoms with Crippen LogP contribution in [-0.2, 0) is 35.1 Å². The minimum Gasteiger partial charge on any atom is -0.497 e. The summed E-state index contributed by atoms with van der Waals surface area (Å²) in [7, 11) is 1.47. The molecule has 4 atom stereocenters. The van der Waals surface area contributed by atoms with E-state index in [2.05, 4.69) is 10.6 Å². The monoisotopic (exact) mass is 624 g/mol. The third-order valence-electron chi connectivity index (χ3n) is 7.93. The summed E-state index contributed by atoms with van der Waals surface area (Å²) in [6.45, 7) is 2.86. The zero-order chi connectivity index (χ0) is 31.9. The van der Waals surface area contributed by atoms with Crippen molar-refractivity contribution < 1.29 is 46.6 Å². The molecule has 2 saturated heterocycles. The number of hydrogen-bond donors (Lipinski definition) is 3. The summed E-state index contributed by atoms with van der Waals surface area (Å²) in [5, 5.41) is 6.65. The van der Waals surface area contributed by atoms with Gasteiger partial charge in [0, 0.05) is 19.5 Å². The van der Waals surface area contributed by atoms with Gasteiger partial charge in [0.05, 0.1) is 39.5 Å². The fourth-order valence-electron chi connectivity index (χ4n) is 5.21. The molecule has 3 amide bonds. The molecule has 0 radical (unpaired) electrons. The first-order valence-corrected chi connectivity index (χ1v) is 14.6. The van der Waals surface area contributed by atoms with Gasteiger partial charge in [0.25, 0.3) is 5.91 Å². The number of rotatable bonds is 14. The van der Waals surface area contributed by atoms with Crippen molar-refractivity contribution in [2.75, 3.05) is 46.6 Å². The van der Waals surface area contributed by atoms with Crippen molar-refractivity contribution in [3.8, 4) is 5.75 Å². The van der Waals surface area contributed by atoms with E-state index in [4.69, 9.17) is 14.2 Å². The van der Waals surface area contributed by atoms with E-state index < -0.39 is 47.6 Å². The fourth-order valence-corrected chi connectivity index (χ4v) is 5.21. The summed E-state index contributed by atoms with van der Waals surface area (Å²) in [4.78, 5) is 54.2. The van der Waals surface area contributed by atoms with Gasteiger partial charge in [-0.3, -0.25) is 24.1 Å². The number of nitrogens with one attached hydrogen (secondary N) is 3. The molecule has 4 rings (SSSR count). The van der Waals surface area contributed by atoms with Crippen molar-refractivity contribution in [1.29, 1.82) is 0 Å². The van der Waals surface area contributed by atoms with E-state index in [1.807, 2.05) is 6.08 Å². The number of alkyl halides is 3. The molecule has 2 fully saturated rings. The van der Waals surface area contributed by atoms with Gasteiger partial charge in [-0.1, -0.05) is 23.8 Å². The Morgan fingerprint density at radius 2 is 1.66 bits per heavy atom. The number of ether oxygens (including phenoxy) is 3. The number of amides is 3. The van der Waals surface area contributed by atoms with Gasteiger partial charge in [-0.15, -0.1) is 0 Å². The summed E-state index contributed by atoms with van der Waals surface area (Å²) in [5.41, 5.74) is 0.451. The minimum absolute atomic E-state index is 0.189. The normalized spacial score (nSPS) is 22.2. The Balaban J connectivity index is 1.52. The number of ketones is 1. The third-order valence-corrected chi connectivity index (χ3v) is 7.93. The van der Waals surface area contributed by atoms with Gasteiger partial charge in [0.2, 0.25) is 17.9 Å². The van der Waals surface area contributed by atoms with Crippen LogP contribution in [0, 0.1) is 0 Å². The second-order valence-electron chi connectivity index (χ2n) is 11.4. The molecule has 0 bridgehead atoms. The highest BCUT2D eigenvalue weighted by molar-refractivity contribution is 5.98. The van der Waals surface area contributed by atoms with Gasteiger partial charge in [-0.05, 0) is 50.3 Å². The first-order chi connectivity index (χ1) is 20.9. The Hall–Kier alpha value is -3.49. The summed E-state index contributed by atoms with van der Waals surface area (Å²) < 4.78 is 57.8. The quantitative estimate of drug-likeness (QED) is 0.209. The number of nitrogens with zero attached hydrogens (tertiary/aromatic N) is 1. The molecular weight excluding hydrogens is 585 g/mol. The van der Waals surface area contributed by atoms with Crippen LogP contribution in [0.2, 0.25) is 0 Å². The van der Waals surface area contributed by atoms with Crippen LogP contribution in [0.15, 0.2) is 35.9 Å². The Morgan fingerprint density at radius 3 is 2.23 bits per heavy atom. The summed E-state index contributed by atoms with van der Waals surface area (Å²) >= 11 is 0. The fraction of sp³-hybridized carbons (Fsp3) is 0.600. The van der Waals surface area contributed by atoms with Crippen molar-refractivity contribution >= 4 is 23.5 Å². The maximum Gasteiger partial charge on any atom is 0.417 e. The Bertz CT molecular complexity index is 1230. The standard InChI is InChI=1S/C30H39F3N4O7/c1-29(18-44-29)26(39)22(15-19-5-3-4-6-19)34-27(40)23(16-20-7-9-21(42-2)10-8-20)35-28(41)25(30(31,32)33)36-24(38)17-37-11-13-43-14-12-37/h5,7-10,22-23,25H,3-4,6,11-18H2,1-2H3,(H,34,40)(H,35,41)(H,36,38)/t22-,23-,25+,29-/m0/s1. The van der Waals surface area contributed by atoms with E-state index in [1.165, 1.54) is 7.11 Å². The van der Waals surface area contributed by atoms with Crippen molar-refractivity contribution in [3.05, 3.63) is 41.5 Å². The average molecular weight is 625 g/mol. The highest BCUT2D eigenvalue weighted by Gasteiger charge is 2.51. The molecule has 3 N–H and O–H groups in total. The van der Waals surface area contributed by atoms with Crippen LogP contribution in [0.4, 0.5) is 13.2 Å². The van der Waals surface area contributed by atoms with Crippen molar-refractivity contribution in [2.45, 2.75) is 68.9 Å². The molecule has 242 valence electrons. The molecule has 3 aliphatic rings. The van der Waals surface area contributed by atoms with Gasteiger partial charge >= 0.3 is 6.18 Å². The van der Waals surface area contributed by atoms with Crippen LogP contribution in [0.3, 0.4) is 0 Å². The largest absolute Gasteiger partial charge is 0.497 e.